The van der Waals surface area contributed by atoms with Gasteiger partial charge in [0.05, 0.1) is 7.11 Å². The summed E-state index contributed by atoms with van der Waals surface area (Å²) in [6, 6.07) is 16.9. The maximum Gasteiger partial charge on any atom is 0.325 e. The van der Waals surface area contributed by atoms with Crippen LogP contribution in [0, 0.1) is 5.92 Å². The maximum absolute atomic E-state index is 12.3. The van der Waals surface area contributed by atoms with Crippen LogP contribution in [0.15, 0.2) is 54.6 Å². The first-order valence-electron chi connectivity index (χ1n) is 10.4. The minimum Gasteiger partial charge on any atom is -0.497 e. The van der Waals surface area contributed by atoms with Gasteiger partial charge in [-0.2, -0.15) is 0 Å². The van der Waals surface area contributed by atoms with Crippen LogP contribution in [0.3, 0.4) is 0 Å². The number of carbonyl (C=O) groups excluding carboxylic acids is 3. The first kappa shape index (κ1) is 22.3. The van der Waals surface area contributed by atoms with Crippen molar-refractivity contribution < 1.29 is 23.9 Å². The van der Waals surface area contributed by atoms with Crippen molar-refractivity contribution in [1.82, 2.24) is 10.2 Å². The number of ether oxygens (including phenoxy) is 2. The number of nitrogens with one attached hydrogen (secondary N) is 1. The number of methoxy groups -OCH3 is 1. The van der Waals surface area contributed by atoms with Crippen LogP contribution < -0.4 is 10.1 Å². The molecule has 0 atom stereocenters. The summed E-state index contributed by atoms with van der Waals surface area (Å²) in [5.41, 5.74) is 1.72. The van der Waals surface area contributed by atoms with E-state index in [1.54, 1.807) is 36.3 Å². The van der Waals surface area contributed by atoms with Crippen molar-refractivity contribution in [3.05, 3.63) is 65.7 Å². The van der Waals surface area contributed by atoms with E-state index in [0.717, 1.165) is 19.3 Å². The summed E-state index contributed by atoms with van der Waals surface area (Å²) in [6.45, 7) is 0.738. The van der Waals surface area contributed by atoms with Gasteiger partial charge in [0.25, 0.3) is 11.8 Å². The Morgan fingerprint density at radius 2 is 1.68 bits per heavy atom. The lowest BCUT2D eigenvalue weighted by Crippen LogP contribution is -2.41. The van der Waals surface area contributed by atoms with E-state index in [9.17, 15) is 14.4 Å². The molecule has 7 nitrogen and oxygen atoms in total. The van der Waals surface area contributed by atoms with Crippen molar-refractivity contribution in [3.63, 3.8) is 0 Å². The van der Waals surface area contributed by atoms with Gasteiger partial charge in [-0.15, -0.1) is 0 Å². The van der Waals surface area contributed by atoms with Gasteiger partial charge >= 0.3 is 5.97 Å². The molecule has 0 aromatic heterocycles. The molecule has 0 spiro atoms. The number of hydrogen-bond donors (Lipinski definition) is 1. The normalized spacial score (nSPS) is 14.0. The summed E-state index contributed by atoms with van der Waals surface area (Å²) in [6.07, 6.45) is 2.89. The van der Waals surface area contributed by atoms with Crippen molar-refractivity contribution in [3.8, 4) is 5.75 Å². The third-order valence-corrected chi connectivity index (χ3v) is 5.44. The summed E-state index contributed by atoms with van der Waals surface area (Å²) in [7, 11) is 1.54. The summed E-state index contributed by atoms with van der Waals surface area (Å²) in [4.78, 5) is 38.0. The second-order valence-corrected chi connectivity index (χ2v) is 7.59. The number of hydrogen-bond acceptors (Lipinski definition) is 5. The van der Waals surface area contributed by atoms with E-state index in [-0.39, 0.29) is 19.1 Å². The fraction of sp³-hybridized carbons (Fsp3) is 0.375. The number of esters is 1. The molecule has 164 valence electrons. The largest absolute Gasteiger partial charge is 0.497 e. The van der Waals surface area contributed by atoms with Crippen LogP contribution in [-0.2, 0) is 20.7 Å². The highest BCUT2D eigenvalue weighted by Gasteiger charge is 2.23. The summed E-state index contributed by atoms with van der Waals surface area (Å²) in [5, 5.41) is 2.49. The van der Waals surface area contributed by atoms with Crippen molar-refractivity contribution in [1.29, 1.82) is 0 Å². The van der Waals surface area contributed by atoms with Crippen molar-refractivity contribution >= 4 is 17.8 Å². The van der Waals surface area contributed by atoms with Gasteiger partial charge in [-0.25, -0.2) is 0 Å². The number of amides is 2. The molecule has 2 aromatic carbocycles. The van der Waals surface area contributed by atoms with Gasteiger partial charge in [0.1, 0.15) is 12.3 Å². The van der Waals surface area contributed by atoms with Gasteiger partial charge in [-0.1, -0.05) is 30.3 Å². The topological polar surface area (TPSA) is 84.9 Å². The first-order valence-corrected chi connectivity index (χ1v) is 10.4. The Labute approximate surface area is 182 Å². The number of nitrogens with zero attached hydrogens (tertiary/aromatic N) is 1. The van der Waals surface area contributed by atoms with Gasteiger partial charge < -0.3 is 19.7 Å². The highest BCUT2D eigenvalue weighted by Crippen LogP contribution is 2.21. The van der Waals surface area contributed by atoms with E-state index in [0.29, 0.717) is 30.3 Å². The average molecular weight is 424 g/mol. The molecule has 1 saturated heterocycles. The van der Waals surface area contributed by atoms with E-state index in [1.807, 2.05) is 18.2 Å². The van der Waals surface area contributed by atoms with E-state index in [4.69, 9.17) is 9.47 Å². The zero-order chi connectivity index (χ0) is 22.1. The zero-order valence-corrected chi connectivity index (χ0v) is 17.7. The summed E-state index contributed by atoms with van der Waals surface area (Å²) in [5.74, 6) is -0.0469. The molecule has 0 saturated carbocycles. The molecule has 7 heteroatoms. The van der Waals surface area contributed by atoms with Gasteiger partial charge in [-0.3, -0.25) is 14.4 Å². The van der Waals surface area contributed by atoms with Crippen LogP contribution >= 0.6 is 0 Å². The van der Waals surface area contributed by atoms with Crippen molar-refractivity contribution in [2.24, 2.45) is 5.92 Å². The predicted octanol–water partition coefficient (Wildman–Crippen LogP) is 2.45. The second kappa shape index (κ2) is 11.2. The Kier molecular flexibility index (Phi) is 8.04. The maximum atomic E-state index is 12.3. The number of carbonyl (C=O) groups is 3. The first-order chi connectivity index (χ1) is 15.0. The van der Waals surface area contributed by atoms with Crippen LogP contribution in [0.1, 0.15) is 28.8 Å². The van der Waals surface area contributed by atoms with Crippen molar-refractivity contribution in [2.75, 3.05) is 33.4 Å². The van der Waals surface area contributed by atoms with Gasteiger partial charge in [0.2, 0.25) is 0 Å². The predicted molar refractivity (Wildman–Crippen MR) is 116 cm³/mol. The Hall–Kier alpha value is -3.35. The molecule has 3 rings (SSSR count). The fourth-order valence-electron chi connectivity index (χ4n) is 3.62. The monoisotopic (exact) mass is 424 g/mol. The van der Waals surface area contributed by atoms with Crippen LogP contribution in [0.5, 0.6) is 5.75 Å². The molecule has 0 radical (unpaired) electrons. The Bertz CT molecular complexity index is 875. The highest BCUT2D eigenvalue weighted by molar-refractivity contribution is 5.96. The molecule has 1 heterocycles. The molecular weight excluding hydrogens is 396 g/mol. The molecule has 0 aliphatic carbocycles. The molecular formula is C24H28N2O5. The molecule has 1 aliphatic rings. The third kappa shape index (κ3) is 6.84. The van der Waals surface area contributed by atoms with Crippen LogP contribution in [0.4, 0.5) is 0 Å². The van der Waals surface area contributed by atoms with Crippen LogP contribution in [-0.4, -0.2) is 56.0 Å². The number of likely N-dealkylation sites (tertiary alicyclic amines) is 1. The van der Waals surface area contributed by atoms with Gasteiger partial charge in [0.15, 0.2) is 6.61 Å². The Morgan fingerprint density at radius 1 is 1.00 bits per heavy atom. The second-order valence-electron chi connectivity index (χ2n) is 7.59. The quantitative estimate of drug-likeness (QED) is 0.658. The lowest BCUT2D eigenvalue weighted by molar-refractivity contribution is -0.151. The van der Waals surface area contributed by atoms with Crippen molar-refractivity contribution in [2.45, 2.75) is 19.3 Å². The summed E-state index contributed by atoms with van der Waals surface area (Å²) < 4.78 is 10.1. The Balaban J connectivity index is 1.33. The third-order valence-electron chi connectivity index (χ3n) is 5.44. The Morgan fingerprint density at radius 3 is 2.32 bits per heavy atom. The number of benzene rings is 2. The van der Waals surface area contributed by atoms with E-state index in [1.165, 1.54) is 5.56 Å². The van der Waals surface area contributed by atoms with Crippen LogP contribution in [0.2, 0.25) is 0 Å². The molecule has 1 fully saturated rings. The summed E-state index contributed by atoms with van der Waals surface area (Å²) >= 11 is 0. The zero-order valence-electron chi connectivity index (χ0n) is 17.7. The van der Waals surface area contributed by atoms with E-state index < -0.39 is 11.9 Å². The minimum atomic E-state index is -0.644. The number of piperidine rings is 1. The minimum absolute atomic E-state index is 0.201. The standard InChI is InChI=1S/C24H28N2O5/c1-30-21-9-7-20(8-10-21)24(29)25-16-23(28)31-17-22(27)26-13-11-19(12-14-26)15-18-5-3-2-4-6-18/h2-10,19H,11-17H2,1H3,(H,25,29). The molecule has 0 unspecified atom stereocenters. The van der Waals surface area contributed by atoms with Crippen LogP contribution in [0.25, 0.3) is 0 Å². The van der Waals surface area contributed by atoms with E-state index in [2.05, 4.69) is 17.4 Å². The molecule has 31 heavy (non-hydrogen) atoms. The van der Waals surface area contributed by atoms with Gasteiger partial charge in [0, 0.05) is 18.7 Å². The number of rotatable bonds is 8. The molecule has 0 bridgehead atoms. The lowest BCUT2D eigenvalue weighted by atomic mass is 9.90. The van der Waals surface area contributed by atoms with Gasteiger partial charge in [-0.05, 0) is 55.0 Å². The SMILES string of the molecule is COc1ccc(C(=O)NCC(=O)OCC(=O)N2CCC(Cc3ccccc3)CC2)cc1. The highest BCUT2D eigenvalue weighted by atomic mass is 16.5. The van der Waals surface area contributed by atoms with E-state index >= 15 is 0 Å². The molecule has 1 N–H and O–H groups in total. The molecule has 2 aromatic rings. The smallest absolute Gasteiger partial charge is 0.325 e. The average Bonchev–Trinajstić information content (AvgIpc) is 2.82. The molecule has 1 aliphatic heterocycles. The fourth-order valence-corrected chi connectivity index (χ4v) is 3.62. The lowest BCUT2D eigenvalue weighted by Gasteiger charge is -2.32. The molecule has 2 amide bonds.